The van der Waals surface area contributed by atoms with Gasteiger partial charge in [0.15, 0.2) is 0 Å². The van der Waals surface area contributed by atoms with Gasteiger partial charge in [-0.25, -0.2) is 4.79 Å². The van der Waals surface area contributed by atoms with Gasteiger partial charge >= 0.3 is 12.0 Å². The van der Waals surface area contributed by atoms with Crippen molar-refractivity contribution in [1.29, 1.82) is 0 Å². The van der Waals surface area contributed by atoms with E-state index in [1.165, 1.54) is 17.7 Å². The normalized spacial score (nSPS) is 19.8. The van der Waals surface area contributed by atoms with E-state index < -0.39 is 5.97 Å². The van der Waals surface area contributed by atoms with Gasteiger partial charge in [-0.15, -0.1) is 0 Å². The fourth-order valence-corrected chi connectivity index (χ4v) is 2.33. The molecule has 0 spiro atoms. The zero-order chi connectivity index (χ0) is 13.0. The van der Waals surface area contributed by atoms with Gasteiger partial charge in [0.25, 0.3) is 0 Å². The van der Waals surface area contributed by atoms with Crippen molar-refractivity contribution in [3.63, 3.8) is 0 Å². The number of aliphatic carboxylic acids is 1. The highest BCUT2D eigenvalue weighted by atomic mass is 16.4. The summed E-state index contributed by atoms with van der Waals surface area (Å²) in [7, 11) is 0. The van der Waals surface area contributed by atoms with Crippen LogP contribution in [0.5, 0.6) is 0 Å². The molecule has 1 aliphatic heterocycles. The summed E-state index contributed by atoms with van der Waals surface area (Å²) in [5.74, 6) is -0.948. The summed E-state index contributed by atoms with van der Waals surface area (Å²) in [5, 5.41) is 11.6. The molecule has 0 unspecified atom stereocenters. The number of carboxylic acid groups (broad SMARTS) is 1. The molecule has 0 aromatic carbocycles. The third-order valence-electron chi connectivity index (χ3n) is 3.46. The minimum atomic E-state index is -0.948. The van der Waals surface area contributed by atoms with Crippen LogP contribution in [-0.4, -0.2) is 65.7 Å². The van der Waals surface area contributed by atoms with Crippen molar-refractivity contribution in [3.05, 3.63) is 0 Å². The lowest BCUT2D eigenvalue weighted by Gasteiger charge is -2.22. The van der Waals surface area contributed by atoms with Gasteiger partial charge in [-0.2, -0.15) is 0 Å². The lowest BCUT2D eigenvalue weighted by Crippen LogP contribution is -2.46. The van der Waals surface area contributed by atoms with Crippen molar-refractivity contribution < 1.29 is 14.7 Å². The molecule has 2 fully saturated rings. The largest absolute Gasteiger partial charge is 0.480 e. The Labute approximate surface area is 107 Å². The highest BCUT2D eigenvalue weighted by Crippen LogP contribution is 2.26. The zero-order valence-corrected chi connectivity index (χ0v) is 10.6. The maximum absolute atomic E-state index is 11.9. The van der Waals surface area contributed by atoms with Gasteiger partial charge in [-0.1, -0.05) is 0 Å². The Kier molecular flexibility index (Phi) is 4.41. The number of carbonyl (C=O) groups is 2. The minimum absolute atomic E-state index is 0.132. The average Bonchev–Trinajstić information content (AvgIpc) is 3.03. The van der Waals surface area contributed by atoms with Crippen LogP contribution in [0.2, 0.25) is 0 Å². The molecule has 2 amide bonds. The Hall–Kier alpha value is -1.30. The van der Waals surface area contributed by atoms with E-state index in [2.05, 4.69) is 10.2 Å². The summed E-state index contributed by atoms with van der Waals surface area (Å²) >= 11 is 0. The van der Waals surface area contributed by atoms with E-state index in [1.807, 2.05) is 0 Å². The number of nitrogens with one attached hydrogen (secondary N) is 1. The molecule has 102 valence electrons. The molecule has 0 bridgehead atoms. The van der Waals surface area contributed by atoms with Crippen LogP contribution in [-0.2, 0) is 4.79 Å². The lowest BCUT2D eigenvalue weighted by molar-refractivity contribution is -0.137. The third kappa shape index (κ3) is 3.87. The second-order valence-electron chi connectivity index (χ2n) is 5.03. The average molecular weight is 255 g/mol. The zero-order valence-electron chi connectivity index (χ0n) is 10.6. The van der Waals surface area contributed by atoms with Crippen molar-refractivity contribution >= 4 is 12.0 Å². The Balaban J connectivity index is 1.69. The van der Waals surface area contributed by atoms with Crippen LogP contribution in [0, 0.1) is 0 Å². The molecule has 0 aromatic rings. The van der Waals surface area contributed by atoms with E-state index >= 15 is 0 Å². The number of likely N-dealkylation sites (tertiary alicyclic amines) is 1. The molecule has 1 saturated carbocycles. The number of carboxylic acids is 1. The van der Waals surface area contributed by atoms with Crippen LogP contribution in [0.25, 0.3) is 0 Å². The Morgan fingerprint density at radius 2 is 1.94 bits per heavy atom. The molecule has 0 atom stereocenters. The summed E-state index contributed by atoms with van der Waals surface area (Å²) < 4.78 is 0. The molecule has 2 rings (SSSR count). The van der Waals surface area contributed by atoms with E-state index in [4.69, 9.17) is 5.11 Å². The molecule has 1 aliphatic carbocycles. The van der Waals surface area contributed by atoms with Crippen molar-refractivity contribution in [1.82, 2.24) is 15.1 Å². The number of urea groups is 1. The summed E-state index contributed by atoms with van der Waals surface area (Å²) in [6.07, 6.45) is 4.32. The predicted octanol–water partition coefficient (Wildman–Crippen LogP) is 0.341. The molecule has 2 N–H and O–H groups in total. The maximum atomic E-state index is 11.9. The van der Waals surface area contributed by atoms with Gasteiger partial charge in [0, 0.05) is 19.1 Å². The van der Waals surface area contributed by atoms with E-state index in [1.54, 1.807) is 0 Å². The predicted molar refractivity (Wildman–Crippen MR) is 66.4 cm³/mol. The summed E-state index contributed by atoms with van der Waals surface area (Å²) in [5.41, 5.74) is 0. The highest BCUT2D eigenvalue weighted by Gasteiger charge is 2.33. The van der Waals surface area contributed by atoms with Gasteiger partial charge in [0.2, 0.25) is 0 Å². The fourth-order valence-electron chi connectivity index (χ4n) is 2.33. The van der Waals surface area contributed by atoms with Crippen LogP contribution in [0.3, 0.4) is 0 Å². The van der Waals surface area contributed by atoms with Crippen LogP contribution in [0.4, 0.5) is 4.79 Å². The van der Waals surface area contributed by atoms with Gasteiger partial charge in [-0.3, -0.25) is 4.79 Å². The van der Waals surface area contributed by atoms with Gasteiger partial charge in [-0.05, 0) is 38.8 Å². The minimum Gasteiger partial charge on any atom is -0.480 e. The molecule has 0 radical (unpaired) electrons. The highest BCUT2D eigenvalue weighted by molar-refractivity contribution is 5.80. The van der Waals surface area contributed by atoms with Gasteiger partial charge in [0.05, 0.1) is 0 Å². The number of carbonyl (C=O) groups excluding carboxylic acids is 1. The second-order valence-corrected chi connectivity index (χ2v) is 5.03. The molecule has 0 aromatic heterocycles. The van der Waals surface area contributed by atoms with Crippen molar-refractivity contribution in [2.75, 3.05) is 32.7 Å². The molecule has 18 heavy (non-hydrogen) atoms. The number of hydrogen-bond donors (Lipinski definition) is 2. The summed E-state index contributed by atoms with van der Waals surface area (Å²) in [4.78, 5) is 26.3. The first kappa shape index (κ1) is 13.1. The molecule has 1 saturated heterocycles. The van der Waals surface area contributed by atoms with Gasteiger partial charge < -0.3 is 20.2 Å². The number of hydrogen-bond acceptors (Lipinski definition) is 3. The van der Waals surface area contributed by atoms with Crippen LogP contribution >= 0.6 is 0 Å². The second kappa shape index (κ2) is 6.04. The Morgan fingerprint density at radius 3 is 2.50 bits per heavy atom. The summed E-state index contributed by atoms with van der Waals surface area (Å²) in [6.45, 7) is 3.48. The van der Waals surface area contributed by atoms with Crippen LogP contribution < -0.4 is 5.32 Å². The Morgan fingerprint density at radius 1 is 1.28 bits per heavy atom. The summed E-state index contributed by atoms with van der Waals surface area (Å²) in [6, 6.07) is -0.105. The maximum Gasteiger partial charge on any atom is 0.323 e. The fraction of sp³-hybridized carbons (Fsp3) is 0.833. The van der Waals surface area contributed by atoms with Crippen molar-refractivity contribution in [2.24, 2.45) is 0 Å². The number of rotatable bonds is 6. The first-order valence-corrected chi connectivity index (χ1v) is 6.65. The lowest BCUT2D eigenvalue weighted by atomic mass is 10.4. The first-order chi connectivity index (χ1) is 8.66. The Bertz CT molecular complexity index is 312. The smallest absolute Gasteiger partial charge is 0.323 e. The molecule has 6 heteroatoms. The van der Waals surface area contributed by atoms with E-state index in [-0.39, 0.29) is 18.6 Å². The topological polar surface area (TPSA) is 72.9 Å². The van der Waals surface area contributed by atoms with E-state index in [0.717, 1.165) is 32.5 Å². The molecule has 1 heterocycles. The van der Waals surface area contributed by atoms with Crippen molar-refractivity contribution in [2.45, 2.75) is 31.7 Å². The number of nitrogens with zero attached hydrogens (tertiary/aromatic N) is 2. The van der Waals surface area contributed by atoms with E-state index in [9.17, 15) is 9.59 Å². The molecular weight excluding hydrogens is 234 g/mol. The molecule has 2 aliphatic rings. The quantitative estimate of drug-likeness (QED) is 0.718. The monoisotopic (exact) mass is 255 g/mol. The molecule has 6 nitrogen and oxygen atoms in total. The number of amides is 2. The third-order valence-corrected chi connectivity index (χ3v) is 3.46. The van der Waals surface area contributed by atoms with Crippen molar-refractivity contribution in [3.8, 4) is 0 Å². The van der Waals surface area contributed by atoms with Crippen LogP contribution in [0.1, 0.15) is 25.7 Å². The standard InChI is InChI=1S/C12H21N3O3/c16-11(17)9-15(10-3-4-10)12(18)13-5-8-14-6-1-2-7-14/h10H,1-9H2,(H,13,18)(H,16,17). The first-order valence-electron chi connectivity index (χ1n) is 6.65. The molecular formula is C12H21N3O3. The SMILES string of the molecule is O=C(O)CN(C(=O)NCCN1CCCC1)C1CC1. The van der Waals surface area contributed by atoms with Gasteiger partial charge in [0.1, 0.15) is 6.54 Å². The van der Waals surface area contributed by atoms with Crippen LogP contribution in [0.15, 0.2) is 0 Å². The van der Waals surface area contributed by atoms with E-state index in [0.29, 0.717) is 6.54 Å².